The summed E-state index contributed by atoms with van der Waals surface area (Å²) in [6.45, 7) is 0.677. The second kappa shape index (κ2) is 9.27. The number of carbonyl (C=O) groups is 4. The minimum Gasteiger partial charge on any atom is -0.495 e. The fourth-order valence-corrected chi connectivity index (χ4v) is 2.84. The third-order valence-electron chi connectivity index (χ3n) is 3.93. The van der Waals surface area contributed by atoms with Gasteiger partial charge in [0, 0.05) is 26.0 Å². The van der Waals surface area contributed by atoms with Gasteiger partial charge in [-0.05, 0) is 6.07 Å². The van der Waals surface area contributed by atoms with Crippen LogP contribution in [0.1, 0.15) is 13.3 Å². The highest BCUT2D eigenvalue weighted by atomic mass is 35.5. The maximum Gasteiger partial charge on any atom is 0.311 e. The van der Waals surface area contributed by atoms with Crippen LogP contribution in [0.2, 0.25) is 5.02 Å². The Kier molecular flexibility index (Phi) is 7.05. The summed E-state index contributed by atoms with van der Waals surface area (Å²) in [6.07, 6.45) is -0.0844. The van der Waals surface area contributed by atoms with E-state index in [0.29, 0.717) is 17.2 Å². The standard InChI is InChI=1S/C17H20ClN3O7/c1-9(22)19-20-15(23)8-28-17(25)10-4-16(24)21(7-10)12-5-11(18)13(26-2)6-14(12)27-3/h5-6,10H,4,7-8H2,1-3H3,(H,19,22)(H,20,23)/t10-/m0/s1. The minimum absolute atomic E-state index is 0.0456. The number of hydrogen-bond donors (Lipinski definition) is 2. The van der Waals surface area contributed by atoms with E-state index in [-0.39, 0.29) is 23.9 Å². The number of esters is 1. The highest BCUT2D eigenvalue weighted by Crippen LogP contribution is 2.40. The Morgan fingerprint density at radius 1 is 1.18 bits per heavy atom. The van der Waals surface area contributed by atoms with Crippen molar-refractivity contribution in [2.75, 3.05) is 32.3 Å². The average Bonchev–Trinajstić information content (AvgIpc) is 3.05. The third-order valence-corrected chi connectivity index (χ3v) is 4.22. The van der Waals surface area contributed by atoms with E-state index in [1.54, 1.807) is 6.07 Å². The topological polar surface area (TPSA) is 123 Å². The lowest BCUT2D eigenvalue weighted by atomic mass is 10.1. The van der Waals surface area contributed by atoms with Gasteiger partial charge in [0.15, 0.2) is 6.61 Å². The van der Waals surface area contributed by atoms with Crippen molar-refractivity contribution < 1.29 is 33.4 Å². The molecule has 11 heteroatoms. The highest BCUT2D eigenvalue weighted by Gasteiger charge is 2.37. The first-order valence-electron chi connectivity index (χ1n) is 8.20. The molecule has 28 heavy (non-hydrogen) atoms. The van der Waals surface area contributed by atoms with Gasteiger partial charge in [0.25, 0.3) is 5.91 Å². The first-order valence-corrected chi connectivity index (χ1v) is 8.58. The molecule has 1 aliphatic heterocycles. The zero-order valence-electron chi connectivity index (χ0n) is 15.5. The Bertz CT molecular complexity index is 799. The lowest BCUT2D eigenvalue weighted by molar-refractivity contribution is -0.152. The molecule has 0 aromatic heterocycles. The number of hydrogen-bond acceptors (Lipinski definition) is 7. The molecule has 1 aliphatic rings. The molecule has 1 saturated heterocycles. The number of anilines is 1. The summed E-state index contributed by atoms with van der Waals surface area (Å²) in [5, 5.41) is 0.284. The number of ether oxygens (including phenoxy) is 3. The zero-order chi connectivity index (χ0) is 20.8. The van der Waals surface area contributed by atoms with E-state index >= 15 is 0 Å². The number of benzene rings is 1. The SMILES string of the molecule is COc1cc(OC)c(N2C[C@@H](C(=O)OCC(=O)NNC(C)=O)CC2=O)cc1Cl. The van der Waals surface area contributed by atoms with E-state index in [1.807, 2.05) is 0 Å². The Hall–Kier alpha value is -3.01. The summed E-state index contributed by atoms with van der Waals surface area (Å²) in [5.74, 6) is -2.20. The smallest absolute Gasteiger partial charge is 0.311 e. The van der Waals surface area contributed by atoms with E-state index in [9.17, 15) is 19.2 Å². The average molecular weight is 414 g/mol. The maximum atomic E-state index is 12.4. The molecule has 0 aliphatic carbocycles. The molecular formula is C17H20ClN3O7. The van der Waals surface area contributed by atoms with Crippen LogP contribution in [0.25, 0.3) is 0 Å². The lowest BCUT2D eigenvalue weighted by Crippen LogP contribution is -2.42. The summed E-state index contributed by atoms with van der Waals surface area (Å²) in [5.41, 5.74) is 4.54. The number of carbonyl (C=O) groups excluding carboxylic acids is 4. The van der Waals surface area contributed by atoms with Gasteiger partial charge in [-0.25, -0.2) is 0 Å². The predicted octanol–water partition coefficient (Wildman–Crippen LogP) is 0.421. The van der Waals surface area contributed by atoms with Crippen molar-refractivity contribution in [2.24, 2.45) is 5.92 Å². The number of nitrogens with zero attached hydrogens (tertiary/aromatic N) is 1. The molecule has 2 N–H and O–H groups in total. The number of rotatable bonds is 6. The molecule has 10 nitrogen and oxygen atoms in total. The second-order valence-electron chi connectivity index (χ2n) is 5.90. The van der Waals surface area contributed by atoms with E-state index < -0.39 is 30.3 Å². The Morgan fingerprint density at radius 3 is 2.46 bits per heavy atom. The van der Waals surface area contributed by atoms with Gasteiger partial charge in [0.05, 0.1) is 30.8 Å². The molecule has 0 radical (unpaired) electrons. The van der Waals surface area contributed by atoms with Crippen LogP contribution in [0.5, 0.6) is 11.5 Å². The molecule has 0 unspecified atom stereocenters. The highest BCUT2D eigenvalue weighted by molar-refractivity contribution is 6.32. The summed E-state index contributed by atoms with van der Waals surface area (Å²) in [4.78, 5) is 48.1. The van der Waals surface area contributed by atoms with Crippen LogP contribution in [0, 0.1) is 5.92 Å². The van der Waals surface area contributed by atoms with Gasteiger partial charge < -0.3 is 19.1 Å². The van der Waals surface area contributed by atoms with Gasteiger partial charge in [-0.2, -0.15) is 0 Å². The van der Waals surface area contributed by atoms with Crippen molar-refractivity contribution in [3.8, 4) is 11.5 Å². The van der Waals surface area contributed by atoms with Crippen LogP contribution < -0.4 is 25.2 Å². The van der Waals surface area contributed by atoms with Crippen LogP contribution in [0.4, 0.5) is 5.69 Å². The van der Waals surface area contributed by atoms with Crippen LogP contribution in [0.3, 0.4) is 0 Å². The van der Waals surface area contributed by atoms with E-state index in [1.165, 1.54) is 32.1 Å². The maximum absolute atomic E-state index is 12.4. The van der Waals surface area contributed by atoms with Crippen molar-refractivity contribution in [3.63, 3.8) is 0 Å². The van der Waals surface area contributed by atoms with Gasteiger partial charge in [0.1, 0.15) is 11.5 Å². The Labute approximate surface area is 166 Å². The number of amides is 3. The van der Waals surface area contributed by atoms with Crippen LogP contribution in [-0.4, -0.2) is 51.1 Å². The van der Waals surface area contributed by atoms with Gasteiger partial charge in [0.2, 0.25) is 11.8 Å². The van der Waals surface area contributed by atoms with Crippen LogP contribution in [0.15, 0.2) is 12.1 Å². The molecule has 0 bridgehead atoms. The molecule has 1 aromatic rings. The fraction of sp³-hybridized carbons (Fsp3) is 0.412. The van der Waals surface area contributed by atoms with Crippen molar-refractivity contribution in [3.05, 3.63) is 17.2 Å². The molecule has 1 aromatic carbocycles. The molecule has 0 saturated carbocycles. The zero-order valence-corrected chi connectivity index (χ0v) is 16.3. The molecular weight excluding hydrogens is 394 g/mol. The van der Waals surface area contributed by atoms with E-state index in [4.69, 9.17) is 25.8 Å². The number of hydrazine groups is 1. The summed E-state index contributed by atoms with van der Waals surface area (Å²) >= 11 is 6.14. The molecule has 3 amide bonds. The van der Waals surface area contributed by atoms with Crippen molar-refractivity contribution in [1.82, 2.24) is 10.9 Å². The van der Waals surface area contributed by atoms with Gasteiger partial charge >= 0.3 is 5.97 Å². The molecule has 1 heterocycles. The summed E-state index contributed by atoms with van der Waals surface area (Å²) in [6, 6.07) is 3.06. The molecule has 1 atom stereocenters. The summed E-state index contributed by atoms with van der Waals surface area (Å²) in [7, 11) is 2.89. The Morgan fingerprint density at radius 2 is 1.86 bits per heavy atom. The largest absolute Gasteiger partial charge is 0.495 e. The quantitative estimate of drug-likeness (QED) is 0.511. The fourth-order valence-electron chi connectivity index (χ4n) is 2.60. The Balaban J connectivity index is 2.03. The molecule has 2 rings (SSSR count). The van der Waals surface area contributed by atoms with Crippen molar-refractivity contribution in [2.45, 2.75) is 13.3 Å². The summed E-state index contributed by atoms with van der Waals surface area (Å²) < 4.78 is 15.3. The second-order valence-corrected chi connectivity index (χ2v) is 6.31. The normalized spacial score (nSPS) is 15.8. The number of halogens is 1. The van der Waals surface area contributed by atoms with Crippen molar-refractivity contribution >= 4 is 41.0 Å². The molecule has 152 valence electrons. The third kappa shape index (κ3) is 5.03. The van der Waals surface area contributed by atoms with Crippen LogP contribution >= 0.6 is 11.6 Å². The minimum atomic E-state index is -0.758. The first-order chi connectivity index (χ1) is 13.3. The lowest BCUT2D eigenvalue weighted by Gasteiger charge is -2.20. The van der Waals surface area contributed by atoms with E-state index in [2.05, 4.69) is 10.9 Å². The van der Waals surface area contributed by atoms with Crippen LogP contribution in [-0.2, 0) is 23.9 Å². The predicted molar refractivity (Wildman–Crippen MR) is 97.9 cm³/mol. The van der Waals surface area contributed by atoms with Gasteiger partial charge in [-0.3, -0.25) is 30.0 Å². The molecule has 0 spiro atoms. The van der Waals surface area contributed by atoms with Gasteiger partial charge in [-0.1, -0.05) is 11.6 Å². The van der Waals surface area contributed by atoms with Crippen molar-refractivity contribution in [1.29, 1.82) is 0 Å². The molecule has 1 fully saturated rings. The first kappa shape index (κ1) is 21.3. The number of methoxy groups -OCH3 is 2. The van der Waals surface area contributed by atoms with Gasteiger partial charge in [-0.15, -0.1) is 0 Å². The van der Waals surface area contributed by atoms with E-state index in [0.717, 1.165) is 0 Å². The number of nitrogens with one attached hydrogen (secondary N) is 2. The monoisotopic (exact) mass is 413 g/mol.